The number of piperidine rings is 2. The van der Waals surface area contributed by atoms with Crippen molar-refractivity contribution in [1.29, 1.82) is 0 Å². The van der Waals surface area contributed by atoms with Gasteiger partial charge in [0.1, 0.15) is 6.33 Å². The van der Waals surface area contributed by atoms with Crippen molar-refractivity contribution in [2.24, 2.45) is 0 Å². The Morgan fingerprint density at radius 2 is 1.58 bits per heavy atom. The van der Waals surface area contributed by atoms with E-state index in [9.17, 15) is 4.79 Å². The maximum atomic E-state index is 13.3. The van der Waals surface area contributed by atoms with Gasteiger partial charge < -0.3 is 9.80 Å². The van der Waals surface area contributed by atoms with E-state index in [1.807, 2.05) is 18.7 Å². The summed E-state index contributed by atoms with van der Waals surface area (Å²) < 4.78 is 0. The Bertz CT molecular complexity index is 1220. The van der Waals surface area contributed by atoms with Crippen molar-refractivity contribution in [3.8, 4) is 0 Å². The zero-order valence-electron chi connectivity index (χ0n) is 23.4. The molecule has 2 aromatic carbocycles. The van der Waals surface area contributed by atoms with Crippen molar-refractivity contribution >= 4 is 11.6 Å². The molecule has 2 fully saturated rings. The largest absolute Gasteiger partial charge is 0.364 e. The molecule has 0 unspecified atom stereocenters. The average Bonchev–Trinajstić information content (AvgIpc) is 2.93. The Kier molecular flexibility index (Phi) is 7.80. The van der Waals surface area contributed by atoms with E-state index in [0.29, 0.717) is 11.6 Å². The fourth-order valence-electron chi connectivity index (χ4n) is 6.30. The lowest BCUT2D eigenvalue weighted by Crippen LogP contribution is -2.58. The Balaban J connectivity index is 1.23. The Morgan fingerprint density at radius 3 is 2.21 bits per heavy atom. The molecular weight excluding hydrogens is 470 g/mol. The molecule has 0 atom stereocenters. The summed E-state index contributed by atoms with van der Waals surface area (Å²) in [6, 6.07) is 20.3. The van der Waals surface area contributed by atoms with Crippen LogP contribution in [0.15, 0.2) is 60.9 Å². The lowest BCUT2D eigenvalue weighted by atomic mass is 9.85. The second-order valence-electron chi connectivity index (χ2n) is 11.4. The maximum absolute atomic E-state index is 13.3. The molecule has 6 nitrogen and oxygen atoms in total. The molecule has 1 aromatic heterocycles. The van der Waals surface area contributed by atoms with Crippen LogP contribution >= 0.6 is 0 Å². The lowest BCUT2D eigenvalue weighted by Gasteiger charge is -2.50. The van der Waals surface area contributed by atoms with Crippen LogP contribution in [0.5, 0.6) is 0 Å². The van der Waals surface area contributed by atoms with Crippen molar-refractivity contribution in [2.45, 2.75) is 71.5 Å². The molecular formula is C32H41N5O. The third-order valence-electron chi connectivity index (χ3n) is 8.77. The number of likely N-dealkylation sites (tertiary alicyclic amines) is 2. The first-order valence-corrected chi connectivity index (χ1v) is 14.0. The minimum Gasteiger partial charge on any atom is -0.364 e. The summed E-state index contributed by atoms with van der Waals surface area (Å²) in [5, 5.41) is 0. The predicted molar refractivity (Wildman–Crippen MR) is 153 cm³/mol. The topological polar surface area (TPSA) is 52.6 Å². The molecule has 0 radical (unpaired) electrons. The van der Waals surface area contributed by atoms with E-state index in [4.69, 9.17) is 0 Å². The van der Waals surface area contributed by atoms with Crippen LogP contribution in [0.25, 0.3) is 0 Å². The number of aryl methyl sites for hydroxylation is 3. The van der Waals surface area contributed by atoms with Crippen molar-refractivity contribution in [3.05, 3.63) is 89.0 Å². The number of anilines is 1. The fraction of sp³-hybridized carbons (Fsp3) is 0.469. The van der Waals surface area contributed by atoms with Crippen LogP contribution in [0.1, 0.15) is 65.5 Å². The first kappa shape index (κ1) is 26.4. The standard InChI is InChI=1S/C32H41N5O/c1-24-9-8-12-29(21-24)37(22-27-10-6-5-7-11-27)28-13-17-36(18-14-28)32(4)15-19-35(20-16-32)31(38)30-25(2)33-23-34-26(30)3/h5-12,21,23,28H,13-20,22H2,1-4H3. The van der Waals surface area contributed by atoms with Crippen LogP contribution < -0.4 is 4.90 Å². The summed E-state index contributed by atoms with van der Waals surface area (Å²) >= 11 is 0. The normalized spacial score (nSPS) is 18.4. The highest BCUT2D eigenvalue weighted by Crippen LogP contribution is 2.34. The highest BCUT2D eigenvalue weighted by Gasteiger charge is 2.39. The lowest BCUT2D eigenvalue weighted by molar-refractivity contribution is 0.0170. The van der Waals surface area contributed by atoms with Crippen molar-refractivity contribution < 1.29 is 4.79 Å². The van der Waals surface area contributed by atoms with Crippen molar-refractivity contribution in [1.82, 2.24) is 19.8 Å². The second kappa shape index (κ2) is 11.2. The molecule has 0 aliphatic carbocycles. The summed E-state index contributed by atoms with van der Waals surface area (Å²) in [5.74, 6) is 0.0797. The van der Waals surface area contributed by atoms with Gasteiger partial charge in [0.2, 0.25) is 0 Å². The third-order valence-corrected chi connectivity index (χ3v) is 8.77. The molecule has 0 N–H and O–H groups in total. The van der Waals surface area contributed by atoms with Crippen molar-refractivity contribution in [3.63, 3.8) is 0 Å². The van der Waals surface area contributed by atoms with Gasteiger partial charge >= 0.3 is 0 Å². The van der Waals surface area contributed by atoms with E-state index in [1.54, 1.807) is 0 Å². The van der Waals surface area contributed by atoms with Gasteiger partial charge in [-0.05, 0) is 76.6 Å². The quantitative estimate of drug-likeness (QED) is 0.433. The Hall–Kier alpha value is -3.25. The first-order valence-electron chi connectivity index (χ1n) is 14.0. The molecule has 0 bridgehead atoms. The molecule has 2 aliphatic rings. The molecule has 1 amide bonds. The highest BCUT2D eigenvalue weighted by molar-refractivity contribution is 5.96. The molecule has 2 aliphatic heterocycles. The van der Waals surface area contributed by atoms with Gasteiger partial charge in [0.15, 0.2) is 0 Å². The SMILES string of the molecule is Cc1cccc(N(Cc2ccccc2)C2CCN(C3(C)CCN(C(=O)c4c(C)ncnc4C)CC3)CC2)c1. The number of benzene rings is 2. The number of carbonyl (C=O) groups is 1. The molecule has 2 saturated heterocycles. The van der Waals surface area contributed by atoms with Crippen LogP contribution in [0.2, 0.25) is 0 Å². The number of hydrogen-bond donors (Lipinski definition) is 0. The molecule has 0 spiro atoms. The second-order valence-corrected chi connectivity index (χ2v) is 11.4. The molecule has 5 rings (SSSR count). The van der Waals surface area contributed by atoms with Gasteiger partial charge in [-0.1, -0.05) is 42.5 Å². The zero-order chi connectivity index (χ0) is 26.7. The number of aromatic nitrogens is 2. The minimum atomic E-state index is 0.0797. The summed E-state index contributed by atoms with van der Waals surface area (Å²) in [5.41, 5.74) is 6.33. The van der Waals surface area contributed by atoms with Crippen LogP contribution in [-0.4, -0.2) is 63.4 Å². The molecule has 3 aromatic rings. The monoisotopic (exact) mass is 511 g/mol. The summed E-state index contributed by atoms with van der Waals surface area (Å²) in [6.45, 7) is 13.1. The van der Waals surface area contributed by atoms with Gasteiger partial charge in [-0.15, -0.1) is 0 Å². The van der Waals surface area contributed by atoms with Crippen LogP contribution in [0.3, 0.4) is 0 Å². The molecule has 0 saturated carbocycles. The molecule has 38 heavy (non-hydrogen) atoms. The van der Waals surface area contributed by atoms with E-state index in [0.717, 1.165) is 69.8 Å². The Labute approximate surface area is 227 Å². The van der Waals surface area contributed by atoms with Gasteiger partial charge in [-0.25, -0.2) is 9.97 Å². The van der Waals surface area contributed by atoms with Gasteiger partial charge in [0, 0.05) is 50.0 Å². The van der Waals surface area contributed by atoms with Gasteiger partial charge in [0.25, 0.3) is 5.91 Å². The summed E-state index contributed by atoms with van der Waals surface area (Å²) in [7, 11) is 0. The number of rotatable bonds is 6. The molecule has 200 valence electrons. The molecule has 3 heterocycles. The summed E-state index contributed by atoms with van der Waals surface area (Å²) in [4.78, 5) is 29.1. The minimum absolute atomic E-state index is 0.0797. The van der Waals surface area contributed by atoms with Gasteiger partial charge in [-0.2, -0.15) is 0 Å². The van der Waals surface area contributed by atoms with Crippen molar-refractivity contribution in [2.75, 3.05) is 31.1 Å². The van der Waals surface area contributed by atoms with E-state index in [1.165, 1.54) is 23.1 Å². The van der Waals surface area contributed by atoms with E-state index in [-0.39, 0.29) is 11.4 Å². The van der Waals surface area contributed by atoms with E-state index >= 15 is 0 Å². The first-order chi connectivity index (χ1) is 18.3. The predicted octanol–water partition coefficient (Wildman–Crippen LogP) is 5.57. The number of nitrogens with zero attached hydrogens (tertiary/aromatic N) is 5. The van der Waals surface area contributed by atoms with Gasteiger partial charge in [0.05, 0.1) is 17.0 Å². The fourth-order valence-corrected chi connectivity index (χ4v) is 6.30. The molecule has 6 heteroatoms. The Morgan fingerprint density at radius 1 is 0.921 bits per heavy atom. The number of hydrogen-bond acceptors (Lipinski definition) is 5. The zero-order valence-corrected chi connectivity index (χ0v) is 23.4. The average molecular weight is 512 g/mol. The van der Waals surface area contributed by atoms with Crippen LogP contribution in [0, 0.1) is 20.8 Å². The number of carbonyl (C=O) groups excluding carboxylic acids is 1. The van der Waals surface area contributed by atoms with E-state index in [2.05, 4.69) is 88.2 Å². The smallest absolute Gasteiger partial charge is 0.257 e. The highest BCUT2D eigenvalue weighted by atomic mass is 16.2. The van der Waals surface area contributed by atoms with Gasteiger partial charge in [-0.3, -0.25) is 9.69 Å². The van der Waals surface area contributed by atoms with E-state index < -0.39 is 0 Å². The summed E-state index contributed by atoms with van der Waals surface area (Å²) in [6.07, 6.45) is 5.84. The number of amides is 1. The van der Waals surface area contributed by atoms with Crippen LogP contribution in [0.4, 0.5) is 5.69 Å². The van der Waals surface area contributed by atoms with Crippen LogP contribution in [-0.2, 0) is 6.54 Å². The third kappa shape index (κ3) is 5.60. The maximum Gasteiger partial charge on any atom is 0.257 e.